The summed E-state index contributed by atoms with van der Waals surface area (Å²) < 4.78 is 2.38. The summed E-state index contributed by atoms with van der Waals surface area (Å²) in [6.07, 6.45) is 1.63. The molecule has 28 heavy (non-hydrogen) atoms. The van der Waals surface area contributed by atoms with E-state index in [-0.39, 0.29) is 11.6 Å². The Kier molecular flexibility index (Phi) is 4.74. The molecule has 0 unspecified atom stereocenters. The topological polar surface area (TPSA) is 87.2 Å². The van der Waals surface area contributed by atoms with Crippen LogP contribution in [-0.2, 0) is 11.3 Å². The maximum Gasteiger partial charge on any atom is 0.279 e. The van der Waals surface area contributed by atoms with Gasteiger partial charge in [-0.05, 0) is 30.3 Å². The number of carbonyl (C=O) groups excluding carboxylic acids is 1. The fourth-order valence-electron chi connectivity index (χ4n) is 2.92. The number of amides is 1. The van der Waals surface area contributed by atoms with Crippen LogP contribution in [0.25, 0.3) is 5.57 Å². The first-order chi connectivity index (χ1) is 13.5. The number of fused-ring (bicyclic) bond motifs is 1. The van der Waals surface area contributed by atoms with E-state index in [1.54, 1.807) is 34.9 Å². The summed E-state index contributed by atoms with van der Waals surface area (Å²) in [7, 11) is 0. The molecule has 1 aromatic heterocycles. The number of thiazole rings is 1. The molecule has 4 rings (SSSR count). The van der Waals surface area contributed by atoms with Crippen LogP contribution in [0.3, 0.4) is 0 Å². The largest absolute Gasteiger partial charge is 0.508 e. The highest BCUT2D eigenvalue weighted by molar-refractivity contribution is 9.10. The first-order valence-electron chi connectivity index (χ1n) is 8.28. The zero-order valence-electron chi connectivity index (χ0n) is 14.5. The van der Waals surface area contributed by atoms with Gasteiger partial charge in [0.05, 0.1) is 16.6 Å². The van der Waals surface area contributed by atoms with Gasteiger partial charge >= 0.3 is 0 Å². The summed E-state index contributed by atoms with van der Waals surface area (Å²) in [5.41, 5.74) is 0.871. The molecule has 0 bridgehead atoms. The summed E-state index contributed by atoms with van der Waals surface area (Å²) >= 11 is 4.59. The molecule has 3 aromatic rings. The van der Waals surface area contributed by atoms with Crippen LogP contribution in [0.15, 0.2) is 69.6 Å². The van der Waals surface area contributed by atoms with Crippen LogP contribution in [0.5, 0.6) is 11.6 Å². The minimum Gasteiger partial charge on any atom is -0.508 e. The highest BCUT2D eigenvalue weighted by Crippen LogP contribution is 2.29. The van der Waals surface area contributed by atoms with E-state index in [0.717, 1.165) is 4.47 Å². The number of aromatic hydroxyl groups is 2. The predicted octanol–water partition coefficient (Wildman–Crippen LogP) is 2.50. The van der Waals surface area contributed by atoms with Crippen molar-refractivity contribution in [1.29, 1.82) is 0 Å². The Balaban J connectivity index is 2.00. The SMILES string of the molecule is C=CCn1c(O)c(C2=c3cc(Br)ccc3=NC2=O)sc1=Nc1cccc(O)c1. The van der Waals surface area contributed by atoms with E-state index >= 15 is 0 Å². The molecule has 8 heteroatoms. The van der Waals surface area contributed by atoms with Gasteiger partial charge in [-0.1, -0.05) is 39.4 Å². The van der Waals surface area contributed by atoms with Crippen molar-refractivity contribution in [2.45, 2.75) is 6.54 Å². The molecule has 0 fully saturated rings. The van der Waals surface area contributed by atoms with Crippen LogP contribution < -0.4 is 15.4 Å². The molecule has 0 atom stereocenters. The lowest BCUT2D eigenvalue weighted by molar-refractivity contribution is -0.112. The smallest absolute Gasteiger partial charge is 0.279 e. The van der Waals surface area contributed by atoms with Gasteiger partial charge in [-0.2, -0.15) is 0 Å². The summed E-state index contributed by atoms with van der Waals surface area (Å²) in [4.78, 5) is 22.0. The molecular formula is C20H14BrN3O3S. The summed E-state index contributed by atoms with van der Waals surface area (Å²) in [6, 6.07) is 11.9. The average molecular weight is 456 g/mol. The minimum atomic E-state index is -0.403. The Morgan fingerprint density at radius 3 is 2.82 bits per heavy atom. The Hall–Kier alpha value is -2.97. The number of rotatable bonds is 4. The Bertz CT molecular complexity index is 1320. The molecular weight excluding hydrogens is 442 g/mol. The van der Waals surface area contributed by atoms with Gasteiger partial charge in [0, 0.05) is 22.3 Å². The molecule has 0 radical (unpaired) electrons. The van der Waals surface area contributed by atoms with E-state index in [1.165, 1.54) is 17.4 Å². The van der Waals surface area contributed by atoms with Gasteiger partial charge in [0.15, 0.2) is 4.80 Å². The molecule has 140 valence electrons. The lowest BCUT2D eigenvalue weighted by Crippen LogP contribution is -2.22. The molecule has 0 saturated heterocycles. The number of hydrogen-bond acceptors (Lipinski definition) is 5. The Morgan fingerprint density at radius 1 is 1.25 bits per heavy atom. The van der Waals surface area contributed by atoms with Crippen LogP contribution in [0.2, 0.25) is 0 Å². The van der Waals surface area contributed by atoms with Gasteiger partial charge in [0.25, 0.3) is 5.91 Å². The number of benzene rings is 2. The zero-order valence-corrected chi connectivity index (χ0v) is 16.9. The van der Waals surface area contributed by atoms with Crippen molar-refractivity contribution in [2.75, 3.05) is 0 Å². The van der Waals surface area contributed by atoms with Crippen molar-refractivity contribution in [3.05, 3.63) is 79.8 Å². The number of nitrogens with zero attached hydrogens (tertiary/aromatic N) is 3. The number of allylic oxidation sites excluding steroid dienone is 1. The van der Waals surface area contributed by atoms with Gasteiger partial charge < -0.3 is 10.2 Å². The zero-order chi connectivity index (χ0) is 19.8. The molecule has 1 aliphatic rings. The second-order valence-electron chi connectivity index (χ2n) is 6.02. The molecule has 1 amide bonds. The molecule has 0 saturated carbocycles. The van der Waals surface area contributed by atoms with Crippen molar-refractivity contribution in [1.82, 2.24) is 4.57 Å². The van der Waals surface area contributed by atoms with Crippen molar-refractivity contribution < 1.29 is 15.0 Å². The van der Waals surface area contributed by atoms with Crippen molar-refractivity contribution in [3.63, 3.8) is 0 Å². The maximum absolute atomic E-state index is 12.6. The normalized spacial score (nSPS) is 13.5. The molecule has 2 heterocycles. The van der Waals surface area contributed by atoms with E-state index in [9.17, 15) is 15.0 Å². The van der Waals surface area contributed by atoms with E-state index in [1.807, 2.05) is 12.1 Å². The van der Waals surface area contributed by atoms with Gasteiger partial charge in [-0.25, -0.2) is 9.98 Å². The number of hydrogen-bond donors (Lipinski definition) is 2. The monoisotopic (exact) mass is 455 g/mol. The van der Waals surface area contributed by atoms with Crippen molar-refractivity contribution in [3.8, 4) is 11.6 Å². The number of phenolic OH excluding ortho intramolecular Hbond substituents is 1. The number of carbonyl (C=O) groups is 1. The molecule has 1 aliphatic heterocycles. The summed E-state index contributed by atoms with van der Waals surface area (Å²) in [6.45, 7) is 4.03. The fourth-order valence-corrected chi connectivity index (χ4v) is 4.39. The van der Waals surface area contributed by atoms with Crippen molar-refractivity contribution in [2.24, 2.45) is 9.98 Å². The number of aromatic nitrogens is 1. The first kappa shape index (κ1) is 18.4. The third-order valence-corrected chi connectivity index (χ3v) is 5.72. The number of halogens is 1. The second-order valence-corrected chi connectivity index (χ2v) is 7.91. The highest BCUT2D eigenvalue weighted by Gasteiger charge is 2.25. The summed E-state index contributed by atoms with van der Waals surface area (Å²) in [5, 5.41) is 21.7. The molecule has 0 aliphatic carbocycles. The quantitative estimate of drug-likeness (QED) is 0.592. The van der Waals surface area contributed by atoms with E-state index in [4.69, 9.17) is 0 Å². The minimum absolute atomic E-state index is 0.0739. The van der Waals surface area contributed by atoms with Gasteiger partial charge in [0.2, 0.25) is 5.88 Å². The van der Waals surface area contributed by atoms with Crippen LogP contribution >= 0.6 is 27.3 Å². The summed E-state index contributed by atoms with van der Waals surface area (Å²) in [5.74, 6) is -0.384. The third-order valence-electron chi connectivity index (χ3n) is 4.14. The second kappa shape index (κ2) is 7.21. The van der Waals surface area contributed by atoms with Crippen LogP contribution in [0.4, 0.5) is 5.69 Å². The predicted molar refractivity (Wildman–Crippen MR) is 110 cm³/mol. The third kappa shape index (κ3) is 3.21. The van der Waals surface area contributed by atoms with E-state index in [2.05, 4.69) is 32.5 Å². The molecule has 2 N–H and O–H groups in total. The standard InChI is InChI=1S/C20H14BrN3O3S/c1-2-8-24-19(27)17(28-20(24)22-12-4-3-5-13(25)10-12)16-14-9-11(21)6-7-15(14)23-18(16)26/h2-7,9-10,25,27H,1,8H2. The number of phenols is 1. The van der Waals surface area contributed by atoms with Crippen LogP contribution in [0, 0.1) is 0 Å². The molecule has 0 spiro atoms. The van der Waals surface area contributed by atoms with Crippen LogP contribution in [-0.4, -0.2) is 20.7 Å². The maximum atomic E-state index is 12.6. The molecule has 6 nitrogen and oxygen atoms in total. The van der Waals surface area contributed by atoms with E-state index in [0.29, 0.717) is 38.1 Å². The first-order valence-corrected chi connectivity index (χ1v) is 9.89. The lowest BCUT2D eigenvalue weighted by Gasteiger charge is -2.02. The molecule has 2 aromatic carbocycles. The Labute approximate surface area is 171 Å². The van der Waals surface area contributed by atoms with Gasteiger partial charge in [-0.15, -0.1) is 6.58 Å². The van der Waals surface area contributed by atoms with Crippen molar-refractivity contribution >= 4 is 44.4 Å². The Morgan fingerprint density at radius 2 is 2.07 bits per heavy atom. The fraction of sp³-hybridized carbons (Fsp3) is 0.0500. The van der Waals surface area contributed by atoms with E-state index < -0.39 is 5.91 Å². The van der Waals surface area contributed by atoms with Gasteiger partial charge in [0.1, 0.15) is 10.6 Å². The average Bonchev–Trinajstić information content (AvgIpc) is 3.12. The highest BCUT2D eigenvalue weighted by atomic mass is 79.9. The van der Waals surface area contributed by atoms with Crippen LogP contribution in [0.1, 0.15) is 4.88 Å². The lowest BCUT2D eigenvalue weighted by atomic mass is 10.1. The van der Waals surface area contributed by atoms with Gasteiger partial charge in [-0.3, -0.25) is 9.36 Å².